The Morgan fingerprint density at radius 2 is 1.68 bits per heavy atom. The molecule has 1 aromatic heterocycles. The number of hydrogen-bond acceptors (Lipinski definition) is 4. The average molecular weight is 386 g/mol. The molecule has 2 aromatic carbocycles. The maximum Gasteiger partial charge on any atom is 0.237 e. The van der Waals surface area contributed by atoms with Crippen LogP contribution in [0.15, 0.2) is 48.5 Å². The summed E-state index contributed by atoms with van der Waals surface area (Å²) in [6.07, 6.45) is 4.17. The molecule has 3 aromatic rings. The molecule has 138 valence electrons. The van der Waals surface area contributed by atoms with Crippen LogP contribution in [0.2, 0.25) is 0 Å². The minimum absolute atomic E-state index is 0.127. The van der Waals surface area contributed by atoms with E-state index in [-0.39, 0.29) is 5.91 Å². The molecule has 1 aliphatic carbocycles. The number of hydrogen-bond donors (Lipinski definition) is 1. The molecule has 4 nitrogen and oxygen atoms in total. The number of nitrogens with zero attached hydrogens (tertiary/aromatic N) is 1. The maximum atomic E-state index is 13.4. The number of rotatable bonds is 2. The number of fused-ring (bicyclic) bond motifs is 3. The first-order valence-corrected chi connectivity index (χ1v) is 10.3. The van der Waals surface area contributed by atoms with Gasteiger partial charge in [0.1, 0.15) is 22.6 Å². The second kappa shape index (κ2) is 6.81. The van der Waals surface area contributed by atoms with Gasteiger partial charge in [0.15, 0.2) is 0 Å². The van der Waals surface area contributed by atoms with E-state index in [0.717, 1.165) is 42.4 Å². The van der Waals surface area contributed by atoms with Gasteiger partial charge < -0.3 is 10.1 Å². The third-order valence-corrected chi connectivity index (χ3v) is 6.67. The zero-order chi connectivity index (χ0) is 19.1. The number of nitrogens with one attached hydrogen (secondary N) is 1. The zero-order valence-corrected chi connectivity index (χ0v) is 16.0. The first kappa shape index (κ1) is 17.0. The molecule has 1 aliphatic heterocycles. The summed E-state index contributed by atoms with van der Waals surface area (Å²) in [5, 5.41) is 13.4. The standard InChI is InChI=1S/C23H18N2O2S/c24-13-17-14-7-3-6-12-20(14)28-23(17)25-22(26)21-15-8-1-4-10-18(15)27-19-11-5-2-9-16(19)21/h1-2,4-5,8-11,21H,3,6-7,12H2,(H,25,26). The van der Waals surface area contributed by atoms with Crippen molar-refractivity contribution in [1.82, 2.24) is 0 Å². The van der Waals surface area contributed by atoms with Crippen LogP contribution in [0.3, 0.4) is 0 Å². The van der Waals surface area contributed by atoms with Gasteiger partial charge in [0.05, 0.1) is 11.5 Å². The summed E-state index contributed by atoms with van der Waals surface area (Å²) >= 11 is 1.56. The molecule has 2 heterocycles. The topological polar surface area (TPSA) is 62.1 Å². The fourth-order valence-electron chi connectivity index (χ4n) is 4.15. The van der Waals surface area contributed by atoms with Crippen molar-refractivity contribution in [2.45, 2.75) is 31.6 Å². The van der Waals surface area contributed by atoms with Crippen molar-refractivity contribution in [1.29, 1.82) is 5.26 Å². The molecule has 5 heteroatoms. The Bertz CT molecular complexity index is 1080. The van der Waals surface area contributed by atoms with Crippen LogP contribution >= 0.6 is 11.3 Å². The second-order valence-corrected chi connectivity index (χ2v) is 8.23. The summed E-state index contributed by atoms with van der Waals surface area (Å²) in [7, 11) is 0. The van der Waals surface area contributed by atoms with E-state index in [4.69, 9.17) is 4.74 Å². The number of anilines is 1. The third-order valence-electron chi connectivity index (χ3n) is 5.46. The molecule has 0 unspecified atom stereocenters. The average Bonchev–Trinajstić information content (AvgIpc) is 3.08. The van der Waals surface area contributed by atoms with Crippen molar-refractivity contribution >= 4 is 22.2 Å². The van der Waals surface area contributed by atoms with E-state index >= 15 is 0 Å². The molecular formula is C23H18N2O2S. The van der Waals surface area contributed by atoms with Gasteiger partial charge >= 0.3 is 0 Å². The van der Waals surface area contributed by atoms with E-state index in [0.29, 0.717) is 22.1 Å². The summed E-state index contributed by atoms with van der Waals surface area (Å²) in [4.78, 5) is 14.6. The molecule has 1 amide bonds. The highest BCUT2D eigenvalue weighted by Gasteiger charge is 2.33. The van der Waals surface area contributed by atoms with Crippen molar-refractivity contribution in [3.05, 3.63) is 75.7 Å². The smallest absolute Gasteiger partial charge is 0.237 e. The highest BCUT2D eigenvalue weighted by atomic mass is 32.1. The van der Waals surface area contributed by atoms with E-state index < -0.39 is 5.92 Å². The number of benzene rings is 2. The van der Waals surface area contributed by atoms with E-state index in [1.54, 1.807) is 11.3 Å². The van der Waals surface area contributed by atoms with Crippen LogP contribution < -0.4 is 10.1 Å². The van der Waals surface area contributed by atoms with Crippen molar-refractivity contribution in [2.75, 3.05) is 5.32 Å². The Balaban J connectivity index is 1.55. The SMILES string of the molecule is N#Cc1c(NC(=O)C2c3ccccc3Oc3ccccc32)sc2c1CCCC2. The number of thiophene rings is 1. The van der Waals surface area contributed by atoms with Crippen LogP contribution in [-0.2, 0) is 17.6 Å². The van der Waals surface area contributed by atoms with Gasteiger partial charge in [0, 0.05) is 16.0 Å². The van der Waals surface area contributed by atoms with Gasteiger partial charge in [-0.05, 0) is 43.4 Å². The largest absolute Gasteiger partial charge is 0.457 e. The summed E-state index contributed by atoms with van der Waals surface area (Å²) in [5.41, 5.74) is 3.46. The minimum Gasteiger partial charge on any atom is -0.457 e. The van der Waals surface area contributed by atoms with E-state index in [1.807, 2.05) is 48.5 Å². The second-order valence-electron chi connectivity index (χ2n) is 7.13. The first-order chi connectivity index (χ1) is 13.8. The number of para-hydroxylation sites is 2. The number of carbonyl (C=O) groups excluding carboxylic acids is 1. The predicted octanol–water partition coefficient (Wildman–Crippen LogP) is 5.37. The van der Waals surface area contributed by atoms with Crippen LogP contribution in [-0.4, -0.2) is 5.91 Å². The molecule has 0 fully saturated rings. The number of nitriles is 1. The van der Waals surface area contributed by atoms with Gasteiger partial charge in [-0.15, -0.1) is 11.3 Å². The van der Waals surface area contributed by atoms with E-state index in [1.165, 1.54) is 4.88 Å². The molecule has 2 aliphatic rings. The lowest BCUT2D eigenvalue weighted by molar-refractivity contribution is -0.116. The molecule has 0 saturated carbocycles. The molecule has 1 N–H and O–H groups in total. The number of carbonyl (C=O) groups is 1. The summed E-state index contributed by atoms with van der Waals surface area (Å²) < 4.78 is 5.99. The fraction of sp³-hybridized carbons (Fsp3) is 0.217. The number of aryl methyl sites for hydroxylation is 1. The van der Waals surface area contributed by atoms with Gasteiger partial charge in [-0.25, -0.2) is 0 Å². The third kappa shape index (κ3) is 2.69. The van der Waals surface area contributed by atoms with Crippen molar-refractivity contribution < 1.29 is 9.53 Å². The Labute approximate surface area is 167 Å². The van der Waals surface area contributed by atoms with Crippen LogP contribution in [0.5, 0.6) is 11.5 Å². The van der Waals surface area contributed by atoms with Gasteiger partial charge in [-0.3, -0.25) is 4.79 Å². The molecular weight excluding hydrogens is 368 g/mol. The monoisotopic (exact) mass is 386 g/mol. The van der Waals surface area contributed by atoms with Crippen molar-refractivity contribution in [3.8, 4) is 17.6 Å². The van der Waals surface area contributed by atoms with E-state index in [2.05, 4.69) is 11.4 Å². The first-order valence-electron chi connectivity index (χ1n) is 9.47. The molecule has 0 spiro atoms. The van der Waals surface area contributed by atoms with Crippen LogP contribution in [0.4, 0.5) is 5.00 Å². The molecule has 0 atom stereocenters. The van der Waals surface area contributed by atoms with Gasteiger partial charge in [-0.2, -0.15) is 5.26 Å². The Hall–Kier alpha value is -3.10. The highest BCUT2D eigenvalue weighted by molar-refractivity contribution is 7.16. The normalized spacial score (nSPS) is 14.8. The molecule has 0 saturated heterocycles. The Morgan fingerprint density at radius 1 is 1.04 bits per heavy atom. The molecule has 0 radical (unpaired) electrons. The predicted molar refractivity (Wildman–Crippen MR) is 109 cm³/mol. The van der Waals surface area contributed by atoms with Crippen molar-refractivity contribution in [3.63, 3.8) is 0 Å². The highest BCUT2D eigenvalue weighted by Crippen LogP contribution is 2.45. The van der Waals surface area contributed by atoms with Crippen molar-refractivity contribution in [2.24, 2.45) is 0 Å². The van der Waals surface area contributed by atoms with Gasteiger partial charge in [0.25, 0.3) is 0 Å². The molecule has 5 rings (SSSR count). The van der Waals surface area contributed by atoms with Gasteiger partial charge in [-0.1, -0.05) is 36.4 Å². The molecule has 28 heavy (non-hydrogen) atoms. The zero-order valence-electron chi connectivity index (χ0n) is 15.2. The van der Waals surface area contributed by atoms with Crippen LogP contribution in [0.1, 0.15) is 45.9 Å². The molecule has 0 bridgehead atoms. The Kier molecular flexibility index (Phi) is 4.14. The number of amides is 1. The van der Waals surface area contributed by atoms with Gasteiger partial charge in [0.2, 0.25) is 5.91 Å². The number of ether oxygens (including phenoxy) is 1. The van der Waals surface area contributed by atoms with Crippen LogP contribution in [0, 0.1) is 11.3 Å². The Morgan fingerprint density at radius 3 is 2.36 bits per heavy atom. The summed E-state index contributed by atoms with van der Waals surface area (Å²) in [5.74, 6) is 0.810. The van der Waals surface area contributed by atoms with E-state index in [9.17, 15) is 10.1 Å². The van der Waals surface area contributed by atoms with Crippen LogP contribution in [0.25, 0.3) is 0 Å². The summed E-state index contributed by atoms with van der Waals surface area (Å²) in [6.45, 7) is 0. The quantitative estimate of drug-likeness (QED) is 0.644. The lowest BCUT2D eigenvalue weighted by atomic mass is 9.87. The lowest BCUT2D eigenvalue weighted by Gasteiger charge is -2.27. The maximum absolute atomic E-state index is 13.4. The fourth-order valence-corrected chi connectivity index (χ4v) is 5.39. The minimum atomic E-state index is -0.466. The lowest BCUT2D eigenvalue weighted by Crippen LogP contribution is -2.25. The summed E-state index contributed by atoms with van der Waals surface area (Å²) in [6, 6.07) is 17.6.